The highest BCUT2D eigenvalue weighted by Crippen LogP contribution is 2.29. The van der Waals surface area contributed by atoms with Crippen LogP contribution in [0.5, 0.6) is 0 Å². The lowest BCUT2D eigenvalue weighted by Crippen LogP contribution is -2.18. The normalized spacial score (nSPS) is 35.9. The van der Waals surface area contributed by atoms with Crippen LogP contribution >= 0.6 is 0 Å². The Morgan fingerprint density at radius 1 is 1.70 bits per heavy atom. The molecule has 1 saturated heterocycles. The SMILES string of the molecule is OC1[B]OC2=CC=CCC21. The molecule has 0 aromatic rings. The summed E-state index contributed by atoms with van der Waals surface area (Å²) in [5.74, 6) is 1.08. The maximum atomic E-state index is 9.27. The Hall–Kier alpha value is -0.695. The summed E-state index contributed by atoms with van der Waals surface area (Å²) in [6, 6.07) is -0.406. The molecule has 0 aromatic heterocycles. The van der Waals surface area contributed by atoms with Crippen LogP contribution in [0.25, 0.3) is 0 Å². The molecule has 1 aliphatic heterocycles. The van der Waals surface area contributed by atoms with Gasteiger partial charge in [0, 0.05) is 5.92 Å². The molecule has 1 fully saturated rings. The van der Waals surface area contributed by atoms with E-state index >= 15 is 0 Å². The second-order valence-corrected chi connectivity index (χ2v) is 2.58. The fraction of sp³-hybridized carbons (Fsp3) is 0.429. The lowest BCUT2D eigenvalue weighted by Gasteiger charge is -2.13. The van der Waals surface area contributed by atoms with E-state index < -0.39 is 6.00 Å². The van der Waals surface area contributed by atoms with Crippen molar-refractivity contribution in [2.45, 2.75) is 12.4 Å². The zero-order valence-electron chi connectivity index (χ0n) is 5.53. The molecule has 0 amide bonds. The molecule has 2 aliphatic rings. The Labute approximate surface area is 60.5 Å². The van der Waals surface area contributed by atoms with Crippen LogP contribution in [0.3, 0.4) is 0 Å². The van der Waals surface area contributed by atoms with Crippen molar-refractivity contribution in [2.24, 2.45) is 5.92 Å². The third-order valence-electron chi connectivity index (χ3n) is 1.91. The first-order valence-electron chi connectivity index (χ1n) is 3.43. The molecule has 51 valence electrons. The summed E-state index contributed by atoms with van der Waals surface area (Å²) in [4.78, 5) is 0. The Balaban J connectivity index is 2.23. The van der Waals surface area contributed by atoms with Crippen molar-refractivity contribution in [3.05, 3.63) is 24.0 Å². The summed E-state index contributed by atoms with van der Waals surface area (Å²) in [7, 11) is 1.49. The van der Waals surface area contributed by atoms with Crippen molar-refractivity contribution in [3.8, 4) is 0 Å². The number of aliphatic hydroxyl groups is 1. The molecule has 0 aromatic carbocycles. The number of hydrogen-bond acceptors (Lipinski definition) is 2. The minimum absolute atomic E-state index is 0.185. The van der Waals surface area contributed by atoms with Gasteiger partial charge in [0.1, 0.15) is 0 Å². The van der Waals surface area contributed by atoms with E-state index in [9.17, 15) is 5.11 Å². The molecule has 2 nitrogen and oxygen atoms in total. The van der Waals surface area contributed by atoms with E-state index in [0.29, 0.717) is 0 Å². The molecule has 2 atom stereocenters. The molecule has 10 heavy (non-hydrogen) atoms. The number of allylic oxidation sites excluding steroid dienone is 3. The summed E-state index contributed by atoms with van der Waals surface area (Å²) < 4.78 is 5.10. The highest BCUT2D eigenvalue weighted by Gasteiger charge is 2.33. The highest BCUT2D eigenvalue weighted by atomic mass is 16.5. The highest BCUT2D eigenvalue weighted by molar-refractivity contribution is 6.31. The van der Waals surface area contributed by atoms with Crippen LogP contribution in [0.4, 0.5) is 0 Å². The van der Waals surface area contributed by atoms with Gasteiger partial charge in [-0.3, -0.25) is 0 Å². The molecule has 1 aliphatic carbocycles. The molecule has 1 heterocycles. The van der Waals surface area contributed by atoms with Crippen LogP contribution in [0.1, 0.15) is 6.42 Å². The minimum atomic E-state index is -0.406. The quantitative estimate of drug-likeness (QED) is 0.487. The number of aliphatic hydroxyl groups excluding tert-OH is 1. The van der Waals surface area contributed by atoms with Gasteiger partial charge in [-0.15, -0.1) is 0 Å². The van der Waals surface area contributed by atoms with Gasteiger partial charge in [0.2, 0.25) is 0 Å². The van der Waals surface area contributed by atoms with Crippen LogP contribution in [0.15, 0.2) is 24.0 Å². The summed E-state index contributed by atoms with van der Waals surface area (Å²) in [5.41, 5.74) is 0. The average molecular weight is 135 g/mol. The largest absolute Gasteiger partial charge is 0.563 e. The summed E-state index contributed by atoms with van der Waals surface area (Å²) in [5, 5.41) is 9.27. The second-order valence-electron chi connectivity index (χ2n) is 2.58. The van der Waals surface area contributed by atoms with Gasteiger partial charge >= 0.3 is 7.48 Å². The van der Waals surface area contributed by atoms with E-state index in [0.717, 1.165) is 12.2 Å². The number of fused-ring (bicyclic) bond motifs is 1. The summed E-state index contributed by atoms with van der Waals surface area (Å²) in [6.45, 7) is 0. The van der Waals surface area contributed by atoms with E-state index in [1.54, 1.807) is 0 Å². The van der Waals surface area contributed by atoms with Crippen molar-refractivity contribution in [2.75, 3.05) is 0 Å². The van der Waals surface area contributed by atoms with Gasteiger partial charge in [0.15, 0.2) is 0 Å². The number of rotatable bonds is 0. The molecular weight excluding hydrogens is 127 g/mol. The first-order valence-corrected chi connectivity index (χ1v) is 3.43. The standard InChI is InChI=1S/C7H8BO2/c9-7-5-3-1-2-4-6(5)10-8-7/h1-2,4-5,7,9H,3H2. The predicted molar refractivity (Wildman–Crippen MR) is 38.2 cm³/mol. The van der Waals surface area contributed by atoms with Crippen molar-refractivity contribution < 1.29 is 9.76 Å². The lowest BCUT2D eigenvalue weighted by molar-refractivity contribution is 0.207. The van der Waals surface area contributed by atoms with Crippen LogP contribution < -0.4 is 0 Å². The first-order chi connectivity index (χ1) is 4.88. The van der Waals surface area contributed by atoms with Gasteiger partial charge in [-0.05, 0) is 12.5 Å². The van der Waals surface area contributed by atoms with Crippen molar-refractivity contribution >= 4 is 7.48 Å². The molecule has 0 saturated carbocycles. The van der Waals surface area contributed by atoms with Gasteiger partial charge in [-0.2, -0.15) is 0 Å². The monoisotopic (exact) mass is 135 g/mol. The fourth-order valence-corrected chi connectivity index (χ4v) is 1.31. The third kappa shape index (κ3) is 0.779. The van der Waals surface area contributed by atoms with Crippen molar-refractivity contribution in [3.63, 3.8) is 0 Å². The fourth-order valence-electron chi connectivity index (χ4n) is 1.31. The summed E-state index contributed by atoms with van der Waals surface area (Å²) >= 11 is 0. The first kappa shape index (κ1) is 6.04. The van der Waals surface area contributed by atoms with Crippen molar-refractivity contribution in [1.29, 1.82) is 0 Å². The van der Waals surface area contributed by atoms with Crippen LogP contribution in [0, 0.1) is 5.92 Å². The third-order valence-corrected chi connectivity index (χ3v) is 1.91. The van der Waals surface area contributed by atoms with E-state index in [1.807, 2.05) is 18.2 Å². The summed E-state index contributed by atoms with van der Waals surface area (Å²) in [6.07, 6.45) is 6.79. The molecule has 1 radical (unpaired) electrons. The molecule has 1 N–H and O–H groups in total. The Morgan fingerprint density at radius 2 is 2.60 bits per heavy atom. The Morgan fingerprint density at radius 3 is 3.40 bits per heavy atom. The van der Waals surface area contributed by atoms with Crippen LogP contribution in [0.2, 0.25) is 0 Å². The van der Waals surface area contributed by atoms with Gasteiger partial charge in [0.05, 0.1) is 11.8 Å². The topological polar surface area (TPSA) is 29.5 Å². The Kier molecular flexibility index (Phi) is 1.31. The molecular formula is C7H8BO2. The van der Waals surface area contributed by atoms with E-state index in [1.165, 1.54) is 7.48 Å². The van der Waals surface area contributed by atoms with Crippen molar-refractivity contribution in [1.82, 2.24) is 0 Å². The molecule has 0 bridgehead atoms. The molecule has 0 spiro atoms. The van der Waals surface area contributed by atoms with Gasteiger partial charge in [0.25, 0.3) is 0 Å². The second kappa shape index (κ2) is 2.17. The minimum Gasteiger partial charge on any atom is -0.563 e. The average Bonchev–Trinajstić information content (AvgIpc) is 2.34. The van der Waals surface area contributed by atoms with Gasteiger partial charge < -0.3 is 9.76 Å². The van der Waals surface area contributed by atoms with Gasteiger partial charge in [-0.25, -0.2) is 0 Å². The van der Waals surface area contributed by atoms with E-state index in [2.05, 4.69) is 0 Å². The van der Waals surface area contributed by atoms with Gasteiger partial charge in [-0.1, -0.05) is 12.2 Å². The zero-order valence-corrected chi connectivity index (χ0v) is 5.53. The van der Waals surface area contributed by atoms with E-state index in [4.69, 9.17) is 4.65 Å². The van der Waals surface area contributed by atoms with Crippen LogP contribution in [-0.2, 0) is 4.65 Å². The maximum absolute atomic E-state index is 9.27. The molecule has 2 rings (SSSR count). The number of hydrogen-bond donors (Lipinski definition) is 1. The van der Waals surface area contributed by atoms with Crippen LogP contribution in [-0.4, -0.2) is 18.6 Å². The van der Waals surface area contributed by atoms with E-state index in [-0.39, 0.29) is 5.92 Å². The maximum Gasteiger partial charge on any atom is 0.401 e. The Bertz CT molecular complexity index is 198. The predicted octanol–water partition coefficient (Wildman–Crippen LogP) is 0.414. The molecule has 2 unspecified atom stereocenters. The zero-order chi connectivity index (χ0) is 6.97. The smallest absolute Gasteiger partial charge is 0.401 e. The molecule has 3 heteroatoms. The lowest BCUT2D eigenvalue weighted by atomic mass is 9.82.